The smallest absolute Gasteiger partial charge is 0.231 e. The van der Waals surface area contributed by atoms with E-state index in [1.165, 1.54) is 5.56 Å². The van der Waals surface area contributed by atoms with E-state index in [0.717, 1.165) is 42.8 Å². The van der Waals surface area contributed by atoms with Crippen molar-refractivity contribution in [1.82, 2.24) is 19.9 Å². The highest BCUT2D eigenvalue weighted by atomic mass is 32.2. The Morgan fingerprint density at radius 3 is 2.45 bits per heavy atom. The van der Waals surface area contributed by atoms with Crippen LogP contribution in [0.1, 0.15) is 52.0 Å². The summed E-state index contributed by atoms with van der Waals surface area (Å²) in [7, 11) is -1.34. The van der Waals surface area contributed by atoms with Crippen molar-refractivity contribution < 1.29 is 13.2 Å². The third kappa shape index (κ3) is 5.93. The van der Waals surface area contributed by atoms with Gasteiger partial charge in [-0.15, -0.1) is 0 Å². The first kappa shape index (κ1) is 27.9. The zero-order valence-corrected chi connectivity index (χ0v) is 24.5. The number of piperidine rings is 1. The van der Waals surface area contributed by atoms with Crippen LogP contribution in [0.3, 0.4) is 0 Å². The van der Waals surface area contributed by atoms with Gasteiger partial charge >= 0.3 is 0 Å². The summed E-state index contributed by atoms with van der Waals surface area (Å²) in [5.74, 6) is 2.12. The fourth-order valence-corrected chi connectivity index (χ4v) is 6.20. The average molecular weight is 563 g/mol. The average Bonchev–Trinajstić information content (AvgIpc) is 3.39. The minimum atomic E-state index is -3.51. The van der Waals surface area contributed by atoms with E-state index in [9.17, 15) is 8.42 Å². The number of fused-ring (bicyclic) bond motifs is 1. The number of aromatic amines is 1. The molecule has 2 aromatic carbocycles. The van der Waals surface area contributed by atoms with E-state index in [0.29, 0.717) is 29.0 Å². The highest BCUT2D eigenvalue weighted by Crippen LogP contribution is 2.36. The monoisotopic (exact) mass is 562 g/mol. The summed E-state index contributed by atoms with van der Waals surface area (Å²) in [6.45, 7) is 9.56. The zero-order valence-electron chi connectivity index (χ0n) is 23.7. The van der Waals surface area contributed by atoms with Gasteiger partial charge in [0.15, 0.2) is 9.84 Å². The lowest BCUT2D eigenvalue weighted by atomic mass is 9.89. The molecule has 9 nitrogen and oxygen atoms in total. The Morgan fingerprint density at radius 2 is 1.73 bits per heavy atom. The maximum atomic E-state index is 13.0. The Bertz CT molecular complexity index is 1590. The Balaban J connectivity index is 1.49. The first-order valence-corrected chi connectivity index (χ1v) is 15.4. The van der Waals surface area contributed by atoms with Gasteiger partial charge in [-0.25, -0.2) is 8.42 Å². The van der Waals surface area contributed by atoms with Gasteiger partial charge in [0.05, 0.1) is 33.0 Å². The predicted molar refractivity (Wildman–Crippen MR) is 161 cm³/mol. The van der Waals surface area contributed by atoms with Crippen LogP contribution in [0, 0.1) is 0 Å². The number of hydrogen-bond donors (Lipinski definition) is 3. The maximum Gasteiger partial charge on any atom is 0.231 e. The summed E-state index contributed by atoms with van der Waals surface area (Å²) in [4.78, 5) is 15.2. The Labute approximate surface area is 236 Å². The SMILES string of the molecule is CC(C)Oc1cc(C2CCN(C)CC2)ccc1Nc1nc(Nc2ccccc2S(=O)(=O)C(C)C)c2cc[nH]c2n1. The van der Waals surface area contributed by atoms with Crippen molar-refractivity contribution in [2.24, 2.45) is 0 Å². The summed E-state index contributed by atoms with van der Waals surface area (Å²) < 4.78 is 32.3. The lowest BCUT2D eigenvalue weighted by Gasteiger charge is -2.29. The molecule has 1 aliphatic rings. The summed E-state index contributed by atoms with van der Waals surface area (Å²) in [6.07, 6.45) is 4.03. The van der Waals surface area contributed by atoms with E-state index in [1.54, 1.807) is 44.3 Å². The van der Waals surface area contributed by atoms with E-state index in [4.69, 9.17) is 9.72 Å². The highest BCUT2D eigenvalue weighted by Gasteiger charge is 2.24. The molecule has 0 bridgehead atoms. The normalized spacial score (nSPS) is 15.2. The molecule has 2 aromatic heterocycles. The third-order valence-corrected chi connectivity index (χ3v) is 9.50. The Morgan fingerprint density at radius 1 is 0.975 bits per heavy atom. The molecular weight excluding hydrogens is 524 g/mol. The summed E-state index contributed by atoms with van der Waals surface area (Å²) in [5, 5.41) is 6.81. The van der Waals surface area contributed by atoms with Gasteiger partial charge in [0.25, 0.3) is 0 Å². The molecule has 0 atom stereocenters. The number of anilines is 4. The Hall–Kier alpha value is -3.63. The van der Waals surface area contributed by atoms with Crippen LogP contribution in [0.2, 0.25) is 0 Å². The van der Waals surface area contributed by atoms with Crippen molar-refractivity contribution >= 4 is 44.0 Å². The molecule has 0 spiro atoms. The first-order chi connectivity index (χ1) is 19.1. The summed E-state index contributed by atoms with van der Waals surface area (Å²) in [6, 6.07) is 15.1. The van der Waals surface area contributed by atoms with Gasteiger partial charge in [-0.2, -0.15) is 9.97 Å². The maximum absolute atomic E-state index is 13.0. The van der Waals surface area contributed by atoms with Gasteiger partial charge in [-0.05, 0) is 102 Å². The molecule has 40 heavy (non-hydrogen) atoms. The molecule has 1 saturated heterocycles. The van der Waals surface area contributed by atoms with Gasteiger partial charge in [0, 0.05) is 6.20 Å². The second-order valence-corrected chi connectivity index (χ2v) is 13.4. The molecule has 1 aliphatic heterocycles. The molecule has 0 saturated carbocycles. The second-order valence-electron chi connectivity index (χ2n) is 11.0. The molecule has 3 heterocycles. The number of sulfone groups is 1. The lowest BCUT2D eigenvalue weighted by Crippen LogP contribution is -2.29. The number of H-pyrrole nitrogens is 1. The van der Waals surface area contributed by atoms with Crippen LogP contribution in [0.4, 0.5) is 23.1 Å². The first-order valence-electron chi connectivity index (χ1n) is 13.8. The Kier molecular flexibility index (Phi) is 8.00. The van der Waals surface area contributed by atoms with E-state index in [1.807, 2.05) is 26.0 Å². The summed E-state index contributed by atoms with van der Waals surface area (Å²) >= 11 is 0. The third-order valence-electron chi connectivity index (χ3n) is 7.29. The van der Waals surface area contributed by atoms with E-state index in [-0.39, 0.29) is 11.0 Å². The summed E-state index contributed by atoms with van der Waals surface area (Å²) in [5.41, 5.74) is 3.14. The quantitative estimate of drug-likeness (QED) is 0.220. The van der Waals surface area contributed by atoms with Crippen molar-refractivity contribution in [2.75, 3.05) is 30.8 Å². The van der Waals surface area contributed by atoms with Crippen molar-refractivity contribution in [3.63, 3.8) is 0 Å². The number of ether oxygens (including phenoxy) is 1. The van der Waals surface area contributed by atoms with Gasteiger partial charge in [0.2, 0.25) is 5.95 Å². The van der Waals surface area contributed by atoms with Gasteiger partial charge < -0.3 is 25.3 Å². The molecule has 10 heteroatoms. The zero-order chi connectivity index (χ0) is 28.4. The van der Waals surface area contributed by atoms with Crippen LogP contribution in [-0.2, 0) is 9.84 Å². The van der Waals surface area contributed by atoms with Crippen molar-refractivity contribution in [2.45, 2.75) is 62.7 Å². The standard InChI is InChI=1S/C30H38N6O3S/c1-19(2)39-26-18-22(21-13-16-36(5)17-14-21)10-11-24(26)33-30-34-28-23(12-15-31-28)29(35-30)32-25-8-6-7-9-27(25)40(37,38)20(3)4/h6-12,15,18-21H,13-14,16-17H2,1-5H3,(H3,31,32,33,34,35). The van der Waals surface area contributed by atoms with Crippen LogP contribution in [0.15, 0.2) is 59.6 Å². The number of likely N-dealkylation sites (tertiary alicyclic amines) is 1. The highest BCUT2D eigenvalue weighted by molar-refractivity contribution is 7.92. The van der Waals surface area contributed by atoms with Gasteiger partial charge in [-0.3, -0.25) is 0 Å². The molecule has 3 N–H and O–H groups in total. The molecular formula is C30H38N6O3S. The topological polar surface area (TPSA) is 112 Å². The number of nitrogens with one attached hydrogen (secondary N) is 3. The largest absolute Gasteiger partial charge is 0.489 e. The fraction of sp³-hybridized carbons (Fsp3) is 0.400. The molecule has 0 unspecified atom stereocenters. The number of benzene rings is 2. The molecule has 4 aromatic rings. The van der Waals surface area contributed by atoms with Gasteiger partial charge in [-0.1, -0.05) is 18.2 Å². The van der Waals surface area contributed by atoms with Crippen LogP contribution in [-0.4, -0.2) is 59.8 Å². The van der Waals surface area contributed by atoms with Crippen LogP contribution in [0.5, 0.6) is 5.75 Å². The van der Waals surface area contributed by atoms with Crippen LogP contribution in [0.25, 0.3) is 11.0 Å². The minimum Gasteiger partial charge on any atom is -0.489 e. The van der Waals surface area contributed by atoms with Crippen molar-refractivity contribution in [1.29, 1.82) is 0 Å². The minimum absolute atomic E-state index is 0.00303. The van der Waals surface area contributed by atoms with Crippen LogP contribution < -0.4 is 15.4 Å². The van der Waals surface area contributed by atoms with E-state index in [2.05, 4.69) is 44.7 Å². The van der Waals surface area contributed by atoms with E-state index >= 15 is 0 Å². The molecule has 0 radical (unpaired) electrons. The number of rotatable bonds is 9. The van der Waals surface area contributed by atoms with Crippen molar-refractivity contribution in [3.05, 3.63) is 60.3 Å². The predicted octanol–water partition coefficient (Wildman–Crippen LogP) is 6.22. The molecule has 1 fully saturated rings. The fourth-order valence-electron chi connectivity index (χ4n) is 5.00. The number of para-hydroxylation sites is 1. The molecule has 0 aliphatic carbocycles. The number of aromatic nitrogens is 3. The molecule has 5 rings (SSSR count). The second kappa shape index (κ2) is 11.5. The lowest BCUT2D eigenvalue weighted by molar-refractivity contribution is 0.241. The number of hydrogen-bond acceptors (Lipinski definition) is 8. The van der Waals surface area contributed by atoms with Gasteiger partial charge in [0.1, 0.15) is 17.2 Å². The van der Waals surface area contributed by atoms with Crippen LogP contribution >= 0.6 is 0 Å². The number of nitrogens with zero attached hydrogens (tertiary/aromatic N) is 3. The van der Waals surface area contributed by atoms with E-state index < -0.39 is 15.1 Å². The molecule has 212 valence electrons. The molecule has 0 amide bonds. The van der Waals surface area contributed by atoms with Crippen molar-refractivity contribution in [3.8, 4) is 5.75 Å².